The van der Waals surface area contributed by atoms with E-state index >= 15 is 0 Å². The van der Waals surface area contributed by atoms with E-state index in [9.17, 15) is 5.11 Å². The third-order valence-corrected chi connectivity index (χ3v) is 4.44. The van der Waals surface area contributed by atoms with Gasteiger partial charge in [0.25, 0.3) is 0 Å². The molecule has 3 atom stereocenters. The van der Waals surface area contributed by atoms with Crippen molar-refractivity contribution < 1.29 is 5.11 Å². The molecule has 1 aromatic carbocycles. The summed E-state index contributed by atoms with van der Waals surface area (Å²) in [4.78, 5) is 1.27. The fourth-order valence-corrected chi connectivity index (χ4v) is 3.32. The lowest BCUT2D eigenvalue weighted by molar-refractivity contribution is 0.113. The Morgan fingerprint density at radius 3 is 2.60 bits per heavy atom. The van der Waals surface area contributed by atoms with Gasteiger partial charge in [-0.25, -0.2) is 0 Å². The van der Waals surface area contributed by atoms with Crippen LogP contribution < -0.4 is 0 Å². The molecule has 0 bridgehead atoms. The Morgan fingerprint density at radius 1 is 1.20 bits per heavy atom. The van der Waals surface area contributed by atoms with Crippen molar-refractivity contribution in [1.29, 1.82) is 0 Å². The fraction of sp³-hybridized carbons (Fsp3) is 0.538. The first-order valence-corrected chi connectivity index (χ1v) is 6.53. The van der Waals surface area contributed by atoms with Crippen LogP contribution >= 0.6 is 11.8 Å². The van der Waals surface area contributed by atoms with Gasteiger partial charge in [0.05, 0.1) is 6.10 Å². The van der Waals surface area contributed by atoms with E-state index in [0.717, 1.165) is 12.8 Å². The lowest BCUT2D eigenvalue weighted by atomic mass is 9.88. The van der Waals surface area contributed by atoms with Crippen LogP contribution in [0, 0.1) is 5.92 Å². The Morgan fingerprint density at radius 2 is 1.93 bits per heavy atom. The molecule has 2 heteroatoms. The Labute approximate surface area is 95.9 Å². The van der Waals surface area contributed by atoms with Crippen LogP contribution in [0.2, 0.25) is 0 Å². The lowest BCUT2D eigenvalue weighted by Gasteiger charge is -2.30. The van der Waals surface area contributed by atoms with Gasteiger partial charge in [-0.15, -0.1) is 11.8 Å². The highest BCUT2D eigenvalue weighted by molar-refractivity contribution is 8.00. The number of hydrogen-bond acceptors (Lipinski definition) is 2. The molecule has 0 unspecified atom stereocenters. The second-order valence-electron chi connectivity index (χ2n) is 4.45. The van der Waals surface area contributed by atoms with E-state index < -0.39 is 0 Å². The number of hydrogen-bond donors (Lipinski definition) is 1. The van der Waals surface area contributed by atoms with E-state index in [1.165, 1.54) is 11.3 Å². The third-order valence-electron chi connectivity index (χ3n) is 3.05. The van der Waals surface area contributed by atoms with Crippen molar-refractivity contribution in [2.75, 3.05) is 0 Å². The zero-order valence-corrected chi connectivity index (χ0v) is 9.91. The van der Waals surface area contributed by atoms with E-state index in [-0.39, 0.29) is 6.10 Å². The number of aliphatic hydroxyl groups is 1. The van der Waals surface area contributed by atoms with Crippen LogP contribution in [0.15, 0.2) is 35.2 Å². The molecule has 2 rings (SSSR count). The molecule has 1 N–H and O–H groups in total. The summed E-state index contributed by atoms with van der Waals surface area (Å²) in [7, 11) is 0. The molecular formula is C13H18OS. The molecular weight excluding hydrogens is 204 g/mol. The molecule has 1 aliphatic rings. The van der Waals surface area contributed by atoms with E-state index in [4.69, 9.17) is 0 Å². The van der Waals surface area contributed by atoms with Gasteiger partial charge < -0.3 is 5.11 Å². The summed E-state index contributed by atoms with van der Waals surface area (Å²) in [5.41, 5.74) is 0. The van der Waals surface area contributed by atoms with Crippen LogP contribution in [0.3, 0.4) is 0 Å². The average Bonchev–Trinajstić information content (AvgIpc) is 2.24. The van der Waals surface area contributed by atoms with Crippen LogP contribution in [0.4, 0.5) is 0 Å². The van der Waals surface area contributed by atoms with Gasteiger partial charge in [-0.05, 0) is 37.3 Å². The third kappa shape index (κ3) is 2.99. The van der Waals surface area contributed by atoms with Gasteiger partial charge in [-0.3, -0.25) is 0 Å². The Bertz CT molecular complexity index is 299. The van der Waals surface area contributed by atoms with Gasteiger partial charge in [0.2, 0.25) is 0 Å². The molecule has 1 saturated carbocycles. The van der Waals surface area contributed by atoms with Crippen molar-refractivity contribution in [2.24, 2.45) is 5.92 Å². The van der Waals surface area contributed by atoms with Crippen LogP contribution in [0.25, 0.3) is 0 Å². The van der Waals surface area contributed by atoms with Crippen LogP contribution in [0.5, 0.6) is 0 Å². The normalized spacial score (nSPS) is 31.5. The van der Waals surface area contributed by atoms with Crippen molar-refractivity contribution in [3.63, 3.8) is 0 Å². The highest BCUT2D eigenvalue weighted by Gasteiger charge is 2.27. The minimum atomic E-state index is -0.126. The quantitative estimate of drug-likeness (QED) is 0.828. The monoisotopic (exact) mass is 222 g/mol. The molecule has 0 heterocycles. The SMILES string of the molecule is C[C@@H]1CC[C@H](Sc2ccccc2)[C@H](O)C1. The number of rotatable bonds is 2. The maximum atomic E-state index is 9.98. The summed E-state index contributed by atoms with van der Waals surface area (Å²) in [6, 6.07) is 10.4. The Kier molecular flexibility index (Phi) is 3.71. The second-order valence-corrected chi connectivity index (χ2v) is 5.77. The number of aliphatic hydroxyl groups excluding tert-OH is 1. The van der Waals surface area contributed by atoms with E-state index in [1.807, 2.05) is 17.8 Å². The Hall–Kier alpha value is -0.470. The van der Waals surface area contributed by atoms with Crippen molar-refractivity contribution >= 4 is 11.8 Å². The lowest BCUT2D eigenvalue weighted by Crippen LogP contribution is -2.30. The largest absolute Gasteiger partial charge is 0.392 e. The van der Waals surface area contributed by atoms with Crippen molar-refractivity contribution in [1.82, 2.24) is 0 Å². The molecule has 1 nitrogen and oxygen atoms in total. The van der Waals surface area contributed by atoms with Crippen molar-refractivity contribution in [3.8, 4) is 0 Å². The molecule has 15 heavy (non-hydrogen) atoms. The molecule has 0 saturated heterocycles. The predicted octanol–water partition coefficient (Wildman–Crippen LogP) is 3.33. The second kappa shape index (κ2) is 5.04. The van der Waals surface area contributed by atoms with Gasteiger partial charge in [0.15, 0.2) is 0 Å². The van der Waals surface area contributed by atoms with Crippen molar-refractivity contribution in [3.05, 3.63) is 30.3 Å². The van der Waals surface area contributed by atoms with Gasteiger partial charge in [-0.1, -0.05) is 25.1 Å². The topological polar surface area (TPSA) is 20.2 Å². The molecule has 1 fully saturated rings. The highest BCUT2D eigenvalue weighted by Crippen LogP contribution is 2.35. The molecule has 1 aromatic rings. The Balaban J connectivity index is 1.95. The summed E-state index contributed by atoms with van der Waals surface area (Å²) in [6.45, 7) is 2.23. The highest BCUT2D eigenvalue weighted by atomic mass is 32.2. The molecule has 82 valence electrons. The van der Waals surface area contributed by atoms with Crippen LogP contribution in [-0.2, 0) is 0 Å². The summed E-state index contributed by atoms with van der Waals surface area (Å²) < 4.78 is 0. The van der Waals surface area contributed by atoms with Gasteiger partial charge in [0.1, 0.15) is 0 Å². The minimum Gasteiger partial charge on any atom is -0.392 e. The molecule has 0 radical (unpaired) electrons. The summed E-state index contributed by atoms with van der Waals surface area (Å²) in [6.07, 6.45) is 3.23. The van der Waals surface area contributed by atoms with Gasteiger partial charge >= 0.3 is 0 Å². The molecule has 0 amide bonds. The van der Waals surface area contributed by atoms with E-state index in [0.29, 0.717) is 11.2 Å². The standard InChI is InChI=1S/C13H18OS/c1-10-7-8-13(12(14)9-10)15-11-5-3-2-4-6-11/h2-6,10,12-14H,7-9H2,1H3/t10-,12-,13+/m1/s1. The average molecular weight is 222 g/mol. The van der Waals surface area contributed by atoms with E-state index in [1.54, 1.807) is 0 Å². The van der Waals surface area contributed by atoms with Crippen LogP contribution in [-0.4, -0.2) is 16.5 Å². The summed E-state index contributed by atoms with van der Waals surface area (Å²) >= 11 is 1.82. The van der Waals surface area contributed by atoms with Gasteiger partial charge in [0, 0.05) is 10.1 Å². The maximum absolute atomic E-state index is 9.98. The first kappa shape index (κ1) is 11.0. The molecule has 0 spiro atoms. The van der Waals surface area contributed by atoms with Gasteiger partial charge in [-0.2, -0.15) is 0 Å². The number of thioether (sulfide) groups is 1. The fourth-order valence-electron chi connectivity index (χ4n) is 2.13. The summed E-state index contributed by atoms with van der Waals surface area (Å²) in [5, 5.41) is 10.4. The number of benzene rings is 1. The molecule has 0 aliphatic heterocycles. The van der Waals surface area contributed by atoms with Crippen molar-refractivity contribution in [2.45, 2.75) is 42.4 Å². The molecule has 0 aromatic heterocycles. The zero-order valence-electron chi connectivity index (χ0n) is 9.10. The smallest absolute Gasteiger partial charge is 0.0664 e. The molecule has 1 aliphatic carbocycles. The predicted molar refractivity (Wildman–Crippen MR) is 65.1 cm³/mol. The first-order chi connectivity index (χ1) is 7.25. The zero-order chi connectivity index (χ0) is 10.7. The summed E-state index contributed by atoms with van der Waals surface area (Å²) in [5.74, 6) is 0.688. The minimum absolute atomic E-state index is 0.126. The van der Waals surface area contributed by atoms with Crippen LogP contribution in [0.1, 0.15) is 26.2 Å². The first-order valence-electron chi connectivity index (χ1n) is 5.65. The van der Waals surface area contributed by atoms with E-state index in [2.05, 4.69) is 31.2 Å². The maximum Gasteiger partial charge on any atom is 0.0664 e.